The predicted molar refractivity (Wildman–Crippen MR) is 108 cm³/mol. The van der Waals surface area contributed by atoms with Crippen LogP contribution in [0.15, 0.2) is 53.4 Å². The number of hydrogen-bond donors (Lipinski definition) is 1. The van der Waals surface area contributed by atoms with Crippen LogP contribution in [0.25, 0.3) is 0 Å². The van der Waals surface area contributed by atoms with Crippen molar-refractivity contribution in [2.24, 2.45) is 5.92 Å². The van der Waals surface area contributed by atoms with Gasteiger partial charge in [-0.05, 0) is 49.1 Å². The number of carbonyl (C=O) groups excluding carboxylic acids is 2. The fourth-order valence-corrected chi connectivity index (χ4v) is 3.56. The first-order valence-electron chi connectivity index (χ1n) is 8.98. The lowest BCUT2D eigenvalue weighted by molar-refractivity contribution is -0.126. The SMILES string of the molecule is CSc1cccc(N2C[C@@H](C(=O)NCCOc3cccc(C)c3)CC2=O)c1. The maximum atomic E-state index is 12.4. The third-order valence-corrected chi connectivity index (χ3v) is 5.25. The van der Waals surface area contributed by atoms with E-state index in [0.29, 0.717) is 19.7 Å². The topological polar surface area (TPSA) is 58.6 Å². The average Bonchev–Trinajstić information content (AvgIpc) is 3.07. The van der Waals surface area contributed by atoms with Gasteiger partial charge in [0.25, 0.3) is 0 Å². The van der Waals surface area contributed by atoms with Crippen molar-refractivity contribution >= 4 is 29.3 Å². The monoisotopic (exact) mass is 384 g/mol. The van der Waals surface area contributed by atoms with E-state index in [9.17, 15) is 9.59 Å². The van der Waals surface area contributed by atoms with E-state index in [-0.39, 0.29) is 24.2 Å². The summed E-state index contributed by atoms with van der Waals surface area (Å²) in [5.41, 5.74) is 1.98. The van der Waals surface area contributed by atoms with E-state index in [1.807, 2.05) is 61.7 Å². The molecule has 2 aromatic rings. The zero-order valence-corrected chi connectivity index (χ0v) is 16.4. The summed E-state index contributed by atoms with van der Waals surface area (Å²) in [5, 5.41) is 2.88. The largest absolute Gasteiger partial charge is 0.492 e. The Morgan fingerprint density at radius 1 is 1.26 bits per heavy atom. The second kappa shape index (κ2) is 8.95. The van der Waals surface area contributed by atoms with Gasteiger partial charge in [-0.1, -0.05) is 18.2 Å². The van der Waals surface area contributed by atoms with Crippen LogP contribution in [0.2, 0.25) is 0 Å². The molecule has 0 spiro atoms. The van der Waals surface area contributed by atoms with Gasteiger partial charge >= 0.3 is 0 Å². The smallest absolute Gasteiger partial charge is 0.227 e. The Hall–Kier alpha value is -2.47. The lowest BCUT2D eigenvalue weighted by atomic mass is 10.1. The maximum absolute atomic E-state index is 12.4. The van der Waals surface area contributed by atoms with Gasteiger partial charge in [-0.3, -0.25) is 9.59 Å². The molecule has 1 aliphatic heterocycles. The van der Waals surface area contributed by atoms with Crippen LogP contribution >= 0.6 is 11.8 Å². The van der Waals surface area contributed by atoms with Crippen molar-refractivity contribution in [3.05, 3.63) is 54.1 Å². The van der Waals surface area contributed by atoms with Crippen LogP contribution in [0, 0.1) is 12.8 Å². The van der Waals surface area contributed by atoms with Crippen molar-refractivity contribution in [2.75, 3.05) is 30.9 Å². The maximum Gasteiger partial charge on any atom is 0.227 e. The average molecular weight is 385 g/mol. The molecule has 5 nitrogen and oxygen atoms in total. The van der Waals surface area contributed by atoms with Crippen molar-refractivity contribution in [1.82, 2.24) is 5.32 Å². The molecule has 0 radical (unpaired) electrons. The summed E-state index contributed by atoms with van der Waals surface area (Å²) in [6.07, 6.45) is 2.24. The van der Waals surface area contributed by atoms with E-state index in [1.54, 1.807) is 16.7 Å². The van der Waals surface area contributed by atoms with Crippen LogP contribution in [0.4, 0.5) is 5.69 Å². The number of hydrogen-bond acceptors (Lipinski definition) is 4. The van der Waals surface area contributed by atoms with Crippen molar-refractivity contribution in [3.63, 3.8) is 0 Å². The molecule has 1 atom stereocenters. The van der Waals surface area contributed by atoms with E-state index in [0.717, 1.165) is 21.9 Å². The molecule has 1 heterocycles. The number of thioether (sulfide) groups is 1. The molecular weight excluding hydrogens is 360 g/mol. The molecule has 2 aromatic carbocycles. The summed E-state index contributed by atoms with van der Waals surface area (Å²) >= 11 is 1.63. The van der Waals surface area contributed by atoms with E-state index >= 15 is 0 Å². The van der Waals surface area contributed by atoms with Gasteiger partial charge in [-0.15, -0.1) is 11.8 Å². The lowest BCUT2D eigenvalue weighted by Gasteiger charge is -2.17. The van der Waals surface area contributed by atoms with Crippen molar-refractivity contribution in [3.8, 4) is 5.75 Å². The fraction of sp³-hybridized carbons (Fsp3) is 0.333. The lowest BCUT2D eigenvalue weighted by Crippen LogP contribution is -2.35. The Balaban J connectivity index is 1.48. The molecule has 1 saturated heterocycles. The number of aryl methyl sites for hydroxylation is 1. The van der Waals surface area contributed by atoms with Crippen LogP contribution in [0.3, 0.4) is 0 Å². The standard InChI is InChI=1S/C21H24N2O3S/c1-15-5-3-7-18(11-15)26-10-9-22-21(25)16-12-20(24)23(14-16)17-6-4-8-19(13-17)27-2/h3-8,11,13,16H,9-10,12,14H2,1-2H3,(H,22,25)/t16-/m0/s1. The van der Waals surface area contributed by atoms with Gasteiger partial charge in [-0.2, -0.15) is 0 Å². The third-order valence-electron chi connectivity index (χ3n) is 4.52. The van der Waals surface area contributed by atoms with E-state index in [4.69, 9.17) is 4.74 Å². The molecule has 0 bridgehead atoms. The summed E-state index contributed by atoms with van der Waals surface area (Å²) in [6, 6.07) is 15.6. The van der Waals surface area contributed by atoms with Gasteiger partial charge in [0, 0.05) is 23.5 Å². The third kappa shape index (κ3) is 5.04. The normalized spacial score (nSPS) is 16.4. The molecule has 0 saturated carbocycles. The summed E-state index contributed by atoms with van der Waals surface area (Å²) in [5.74, 6) is 0.360. The highest BCUT2D eigenvalue weighted by atomic mass is 32.2. The highest BCUT2D eigenvalue weighted by molar-refractivity contribution is 7.98. The van der Waals surface area contributed by atoms with Crippen molar-refractivity contribution < 1.29 is 14.3 Å². The Bertz CT molecular complexity index is 825. The van der Waals surface area contributed by atoms with E-state index < -0.39 is 0 Å². The van der Waals surface area contributed by atoms with Gasteiger partial charge in [0.2, 0.25) is 11.8 Å². The predicted octanol–water partition coefficient (Wildman–Crippen LogP) is 3.27. The molecule has 0 aromatic heterocycles. The minimum absolute atomic E-state index is 0.00980. The molecule has 27 heavy (non-hydrogen) atoms. The minimum atomic E-state index is -0.325. The first-order valence-corrected chi connectivity index (χ1v) is 10.2. The summed E-state index contributed by atoms with van der Waals surface area (Å²) in [7, 11) is 0. The number of rotatable bonds is 7. The number of amides is 2. The molecule has 6 heteroatoms. The molecule has 1 aliphatic rings. The number of ether oxygens (including phenoxy) is 1. The van der Waals surface area contributed by atoms with Gasteiger partial charge < -0.3 is 15.0 Å². The highest BCUT2D eigenvalue weighted by Crippen LogP contribution is 2.28. The number of anilines is 1. The molecule has 3 rings (SSSR count). The Kier molecular flexibility index (Phi) is 6.40. The minimum Gasteiger partial charge on any atom is -0.492 e. The van der Waals surface area contributed by atoms with E-state index in [2.05, 4.69) is 5.32 Å². The first-order chi connectivity index (χ1) is 13.1. The quantitative estimate of drug-likeness (QED) is 0.588. The number of nitrogens with zero attached hydrogens (tertiary/aromatic N) is 1. The molecule has 142 valence electrons. The zero-order chi connectivity index (χ0) is 19.2. The number of carbonyl (C=O) groups is 2. The molecule has 1 N–H and O–H groups in total. The molecular formula is C21H24N2O3S. The second-order valence-electron chi connectivity index (χ2n) is 6.56. The van der Waals surface area contributed by atoms with Gasteiger partial charge in [0.15, 0.2) is 0 Å². The molecule has 1 fully saturated rings. The Labute approximate surface area is 164 Å². The molecule has 0 unspecified atom stereocenters. The summed E-state index contributed by atoms with van der Waals surface area (Å²) in [6.45, 7) is 3.24. The van der Waals surface area contributed by atoms with Crippen LogP contribution in [0.5, 0.6) is 5.75 Å². The molecule has 2 amide bonds. The zero-order valence-electron chi connectivity index (χ0n) is 15.6. The second-order valence-corrected chi connectivity index (χ2v) is 7.44. The fourth-order valence-electron chi connectivity index (χ4n) is 3.10. The van der Waals surface area contributed by atoms with Crippen LogP contribution in [0.1, 0.15) is 12.0 Å². The summed E-state index contributed by atoms with van der Waals surface area (Å²) < 4.78 is 5.64. The van der Waals surface area contributed by atoms with Gasteiger partial charge in [-0.25, -0.2) is 0 Å². The van der Waals surface area contributed by atoms with E-state index in [1.165, 1.54) is 0 Å². The molecule has 0 aliphatic carbocycles. The number of nitrogens with one attached hydrogen (secondary N) is 1. The Morgan fingerprint density at radius 3 is 2.85 bits per heavy atom. The van der Waals surface area contributed by atoms with Crippen LogP contribution in [-0.4, -0.2) is 37.8 Å². The van der Waals surface area contributed by atoms with Gasteiger partial charge in [0.05, 0.1) is 12.5 Å². The van der Waals surface area contributed by atoms with Crippen molar-refractivity contribution in [2.45, 2.75) is 18.2 Å². The van der Waals surface area contributed by atoms with Gasteiger partial charge in [0.1, 0.15) is 12.4 Å². The van der Waals surface area contributed by atoms with Crippen LogP contribution in [-0.2, 0) is 9.59 Å². The van der Waals surface area contributed by atoms with Crippen LogP contribution < -0.4 is 15.0 Å². The highest BCUT2D eigenvalue weighted by Gasteiger charge is 2.35. The first kappa shape index (κ1) is 19.3. The summed E-state index contributed by atoms with van der Waals surface area (Å²) in [4.78, 5) is 27.6. The number of benzene rings is 2. The Morgan fingerprint density at radius 2 is 2.07 bits per heavy atom. The van der Waals surface area contributed by atoms with Crippen molar-refractivity contribution in [1.29, 1.82) is 0 Å².